The largest absolute Gasteiger partial charge is 0.370 e. The van der Waals surface area contributed by atoms with Crippen molar-refractivity contribution in [1.82, 2.24) is 9.80 Å². The van der Waals surface area contributed by atoms with Crippen molar-refractivity contribution < 1.29 is 18.7 Å². The summed E-state index contributed by atoms with van der Waals surface area (Å²) in [5.74, 6) is -0.356. The number of piperazine rings is 1. The highest BCUT2D eigenvalue weighted by Gasteiger charge is 2.31. The Morgan fingerprint density at radius 3 is 2.46 bits per heavy atom. The van der Waals surface area contributed by atoms with Crippen molar-refractivity contribution >= 4 is 23.3 Å². The van der Waals surface area contributed by atoms with Crippen molar-refractivity contribution in [3.63, 3.8) is 0 Å². The van der Waals surface area contributed by atoms with E-state index in [9.17, 15) is 14.0 Å². The van der Waals surface area contributed by atoms with E-state index in [1.165, 1.54) is 6.07 Å². The van der Waals surface area contributed by atoms with E-state index in [0.29, 0.717) is 44.2 Å². The number of ether oxygens (including phenoxy) is 1. The van der Waals surface area contributed by atoms with Crippen LogP contribution in [0, 0.1) is 5.82 Å². The summed E-state index contributed by atoms with van der Waals surface area (Å²) in [5.41, 5.74) is 0.913. The molecule has 1 aromatic carbocycles. The number of anilines is 2. The van der Waals surface area contributed by atoms with Gasteiger partial charge in [-0.25, -0.2) is 9.18 Å². The zero-order chi connectivity index (χ0) is 20.3. The maximum Gasteiger partial charge on any atom is 0.321 e. The molecule has 2 aliphatic heterocycles. The van der Waals surface area contributed by atoms with Crippen molar-refractivity contribution in [2.45, 2.75) is 38.8 Å². The first-order valence-electron chi connectivity index (χ1n) is 9.85. The minimum absolute atomic E-state index is 0.0180. The molecule has 2 fully saturated rings. The SMILES string of the molecule is CC(C)N(C)c1ccc(NC(=O)N2CCN(C(=O)C3CCCO3)CC2)cc1F. The lowest BCUT2D eigenvalue weighted by molar-refractivity contribution is -0.142. The van der Waals surface area contributed by atoms with Gasteiger partial charge >= 0.3 is 6.03 Å². The Kier molecular flexibility index (Phi) is 6.39. The minimum atomic E-state index is -0.374. The van der Waals surface area contributed by atoms with E-state index in [1.54, 1.807) is 21.9 Å². The summed E-state index contributed by atoms with van der Waals surface area (Å²) in [6, 6.07) is 4.59. The summed E-state index contributed by atoms with van der Waals surface area (Å²) in [7, 11) is 1.83. The van der Waals surface area contributed by atoms with E-state index in [0.717, 1.165) is 12.8 Å². The second-order valence-electron chi connectivity index (χ2n) is 7.61. The van der Waals surface area contributed by atoms with Crippen LogP contribution in [0.2, 0.25) is 0 Å². The molecule has 2 heterocycles. The Hall–Kier alpha value is -2.35. The predicted molar refractivity (Wildman–Crippen MR) is 106 cm³/mol. The van der Waals surface area contributed by atoms with E-state index in [1.807, 2.05) is 25.8 Å². The van der Waals surface area contributed by atoms with E-state index in [2.05, 4.69) is 5.32 Å². The zero-order valence-electron chi connectivity index (χ0n) is 16.8. The van der Waals surface area contributed by atoms with Gasteiger partial charge in [0.15, 0.2) is 0 Å². The van der Waals surface area contributed by atoms with Crippen LogP contribution in [0.1, 0.15) is 26.7 Å². The van der Waals surface area contributed by atoms with Crippen LogP contribution in [0.15, 0.2) is 18.2 Å². The van der Waals surface area contributed by atoms with Crippen LogP contribution in [-0.2, 0) is 9.53 Å². The number of carbonyl (C=O) groups excluding carboxylic acids is 2. The fourth-order valence-electron chi connectivity index (χ4n) is 3.46. The van der Waals surface area contributed by atoms with Gasteiger partial charge < -0.3 is 24.8 Å². The van der Waals surface area contributed by atoms with E-state index < -0.39 is 0 Å². The molecule has 3 amide bonds. The smallest absolute Gasteiger partial charge is 0.321 e. The molecule has 0 saturated carbocycles. The molecule has 7 nitrogen and oxygen atoms in total. The maximum atomic E-state index is 14.4. The molecule has 1 aromatic rings. The molecule has 154 valence electrons. The Balaban J connectivity index is 1.53. The van der Waals surface area contributed by atoms with Gasteiger partial charge in [-0.15, -0.1) is 0 Å². The molecule has 3 rings (SSSR count). The van der Waals surface area contributed by atoms with Crippen molar-refractivity contribution in [1.29, 1.82) is 0 Å². The number of hydrogen-bond acceptors (Lipinski definition) is 4. The molecule has 1 N–H and O–H groups in total. The molecule has 8 heteroatoms. The summed E-state index contributed by atoms with van der Waals surface area (Å²) in [4.78, 5) is 30.1. The first-order valence-corrected chi connectivity index (χ1v) is 9.85. The molecule has 0 aliphatic carbocycles. The standard InChI is InChI=1S/C20H29FN4O3/c1-14(2)23(3)17-7-6-15(13-16(17)21)22-20(27)25-10-8-24(9-11-25)19(26)18-5-4-12-28-18/h6-7,13-14,18H,4-5,8-12H2,1-3H3,(H,22,27). The van der Waals surface area contributed by atoms with Crippen molar-refractivity contribution in [3.05, 3.63) is 24.0 Å². The van der Waals surface area contributed by atoms with Crippen molar-refractivity contribution in [3.8, 4) is 0 Å². The molecule has 0 bridgehead atoms. The Morgan fingerprint density at radius 2 is 1.89 bits per heavy atom. The maximum absolute atomic E-state index is 14.4. The van der Waals surface area contributed by atoms with E-state index in [-0.39, 0.29) is 29.9 Å². The number of nitrogens with one attached hydrogen (secondary N) is 1. The number of nitrogens with zero attached hydrogens (tertiary/aromatic N) is 3. The quantitative estimate of drug-likeness (QED) is 0.855. The number of hydrogen-bond donors (Lipinski definition) is 1. The molecule has 0 aromatic heterocycles. The summed E-state index contributed by atoms with van der Waals surface area (Å²) in [6.45, 7) is 6.47. The highest BCUT2D eigenvalue weighted by Crippen LogP contribution is 2.24. The number of carbonyl (C=O) groups is 2. The summed E-state index contributed by atoms with van der Waals surface area (Å²) < 4.78 is 19.8. The Bertz CT molecular complexity index is 713. The molecule has 2 aliphatic rings. The molecular formula is C20H29FN4O3. The second-order valence-corrected chi connectivity index (χ2v) is 7.61. The van der Waals surface area contributed by atoms with Gasteiger partial charge in [-0.05, 0) is 44.9 Å². The predicted octanol–water partition coefficient (Wildman–Crippen LogP) is 2.53. The van der Waals surface area contributed by atoms with E-state index >= 15 is 0 Å². The minimum Gasteiger partial charge on any atom is -0.370 e. The van der Waals surface area contributed by atoms with Crippen LogP contribution in [0.3, 0.4) is 0 Å². The molecule has 1 unspecified atom stereocenters. The van der Waals surface area contributed by atoms with Crippen molar-refractivity contribution in [2.75, 3.05) is 50.1 Å². The number of benzene rings is 1. The van der Waals surface area contributed by atoms with Gasteiger partial charge in [0.25, 0.3) is 5.91 Å². The van der Waals surface area contributed by atoms with Gasteiger partial charge in [0, 0.05) is 51.6 Å². The lowest BCUT2D eigenvalue weighted by Gasteiger charge is -2.35. The van der Waals surface area contributed by atoms with Gasteiger partial charge in [-0.1, -0.05) is 0 Å². The number of amides is 3. The summed E-state index contributed by atoms with van der Waals surface area (Å²) >= 11 is 0. The van der Waals surface area contributed by atoms with Crippen LogP contribution in [0.25, 0.3) is 0 Å². The van der Waals surface area contributed by atoms with Gasteiger partial charge in [0.2, 0.25) is 0 Å². The van der Waals surface area contributed by atoms with Gasteiger partial charge in [-0.2, -0.15) is 0 Å². The van der Waals surface area contributed by atoms with Gasteiger partial charge in [0.1, 0.15) is 11.9 Å². The van der Waals surface area contributed by atoms with Gasteiger partial charge in [0.05, 0.1) is 5.69 Å². The van der Waals surface area contributed by atoms with Crippen LogP contribution in [0.4, 0.5) is 20.6 Å². The van der Waals surface area contributed by atoms with Crippen LogP contribution < -0.4 is 10.2 Å². The molecule has 28 heavy (non-hydrogen) atoms. The second kappa shape index (κ2) is 8.77. The normalized spacial score (nSPS) is 19.8. The molecule has 2 saturated heterocycles. The van der Waals surface area contributed by atoms with E-state index in [4.69, 9.17) is 4.74 Å². The molecule has 1 atom stereocenters. The highest BCUT2D eigenvalue weighted by molar-refractivity contribution is 5.90. The first-order chi connectivity index (χ1) is 13.4. The van der Waals surface area contributed by atoms with Crippen LogP contribution in [-0.4, -0.2) is 73.7 Å². The fourth-order valence-corrected chi connectivity index (χ4v) is 3.46. The first kappa shape index (κ1) is 20.4. The monoisotopic (exact) mass is 392 g/mol. The van der Waals surface area contributed by atoms with Crippen LogP contribution in [0.5, 0.6) is 0 Å². The molecule has 0 spiro atoms. The lowest BCUT2D eigenvalue weighted by atomic mass is 10.2. The number of halogens is 1. The number of rotatable bonds is 4. The molecular weight excluding hydrogens is 363 g/mol. The highest BCUT2D eigenvalue weighted by atomic mass is 19.1. The third-order valence-electron chi connectivity index (χ3n) is 5.44. The molecule has 0 radical (unpaired) electrons. The summed E-state index contributed by atoms with van der Waals surface area (Å²) in [6.07, 6.45) is 1.36. The Labute approximate surface area is 165 Å². The number of urea groups is 1. The lowest BCUT2D eigenvalue weighted by Crippen LogP contribution is -2.53. The third kappa shape index (κ3) is 4.55. The van der Waals surface area contributed by atoms with Crippen LogP contribution >= 0.6 is 0 Å². The average molecular weight is 392 g/mol. The van der Waals surface area contributed by atoms with Gasteiger partial charge in [-0.3, -0.25) is 4.79 Å². The van der Waals surface area contributed by atoms with Crippen molar-refractivity contribution in [2.24, 2.45) is 0 Å². The third-order valence-corrected chi connectivity index (χ3v) is 5.44. The zero-order valence-corrected chi connectivity index (χ0v) is 16.8. The topological polar surface area (TPSA) is 65.1 Å². The average Bonchev–Trinajstić information content (AvgIpc) is 3.22. The summed E-state index contributed by atoms with van der Waals surface area (Å²) in [5, 5.41) is 2.75. The Morgan fingerprint density at radius 1 is 1.21 bits per heavy atom. The fraction of sp³-hybridized carbons (Fsp3) is 0.600.